The zero-order valence-corrected chi connectivity index (χ0v) is 16.6. The smallest absolute Gasteiger partial charge is 0.251 e. The summed E-state index contributed by atoms with van der Waals surface area (Å²) in [6, 6.07) is 11.2. The molecular formula is C21H20FN3O3S. The van der Waals surface area contributed by atoms with E-state index in [2.05, 4.69) is 16.9 Å². The predicted octanol–water partition coefficient (Wildman–Crippen LogP) is 4.86. The van der Waals surface area contributed by atoms with Crippen molar-refractivity contribution in [2.24, 2.45) is 5.73 Å². The van der Waals surface area contributed by atoms with Crippen LogP contribution in [0.2, 0.25) is 0 Å². The Bertz CT molecular complexity index is 1070. The van der Waals surface area contributed by atoms with Crippen molar-refractivity contribution >= 4 is 33.8 Å². The zero-order chi connectivity index (χ0) is 21.0. The fourth-order valence-corrected chi connectivity index (χ4v) is 3.74. The van der Waals surface area contributed by atoms with Crippen molar-refractivity contribution in [3.63, 3.8) is 0 Å². The molecule has 1 amide bonds. The fourth-order valence-electron chi connectivity index (χ4n) is 2.65. The van der Waals surface area contributed by atoms with Gasteiger partial charge in [-0.2, -0.15) is 0 Å². The first-order valence-corrected chi connectivity index (χ1v) is 9.63. The van der Waals surface area contributed by atoms with Crippen LogP contribution in [0.4, 0.5) is 15.2 Å². The van der Waals surface area contributed by atoms with E-state index in [1.54, 1.807) is 12.1 Å². The van der Waals surface area contributed by atoms with E-state index >= 15 is 0 Å². The first-order chi connectivity index (χ1) is 13.9. The maximum atomic E-state index is 14.5. The van der Waals surface area contributed by atoms with Gasteiger partial charge >= 0.3 is 0 Å². The van der Waals surface area contributed by atoms with Crippen molar-refractivity contribution in [2.45, 2.75) is 13.5 Å². The second-order valence-electron chi connectivity index (χ2n) is 6.14. The minimum Gasteiger partial charge on any atom is -0.508 e. The minimum absolute atomic E-state index is 0.222. The monoisotopic (exact) mass is 413 g/mol. The molecule has 1 aromatic carbocycles. The lowest BCUT2D eigenvalue weighted by Gasteiger charge is -2.07. The molecule has 3 aromatic rings. The number of nitrogens with two attached hydrogens (primary N) is 1. The number of rotatable bonds is 8. The first-order valence-electron chi connectivity index (χ1n) is 8.81. The Morgan fingerprint density at radius 2 is 2.14 bits per heavy atom. The quantitative estimate of drug-likeness (QED) is 0.458. The molecule has 2 heterocycles. The van der Waals surface area contributed by atoms with Crippen molar-refractivity contribution in [3.05, 3.63) is 71.7 Å². The number of pyridine rings is 1. The molecule has 0 saturated heterocycles. The summed E-state index contributed by atoms with van der Waals surface area (Å²) in [7, 11) is 0. The molecule has 0 atom stereocenters. The summed E-state index contributed by atoms with van der Waals surface area (Å²) in [5.74, 6) is -0.884. The Balaban J connectivity index is 1.94. The Kier molecular flexibility index (Phi) is 6.26. The molecule has 0 radical (unpaired) electrons. The van der Waals surface area contributed by atoms with Gasteiger partial charge in [-0.25, -0.2) is 9.37 Å². The highest BCUT2D eigenvalue weighted by molar-refractivity contribution is 7.19. The SMILES string of the molecule is C=C(O)c1ccc(-c2cc(C(N)=O)c(Nc3cccc(COCC)n3)s2)c(F)c1. The lowest BCUT2D eigenvalue weighted by atomic mass is 10.1. The second-order valence-corrected chi connectivity index (χ2v) is 7.19. The van der Waals surface area contributed by atoms with Gasteiger partial charge in [0.15, 0.2) is 0 Å². The minimum atomic E-state index is -0.638. The number of carbonyl (C=O) groups excluding carboxylic acids is 1. The lowest BCUT2D eigenvalue weighted by molar-refractivity contribution is 0.100. The molecule has 0 bridgehead atoms. The average molecular weight is 413 g/mol. The Labute approximate surface area is 171 Å². The predicted molar refractivity (Wildman–Crippen MR) is 113 cm³/mol. The third kappa shape index (κ3) is 4.79. The summed E-state index contributed by atoms with van der Waals surface area (Å²) in [5.41, 5.74) is 7.05. The summed E-state index contributed by atoms with van der Waals surface area (Å²) in [6.07, 6.45) is 0. The van der Waals surface area contributed by atoms with Gasteiger partial charge in [0, 0.05) is 22.6 Å². The molecule has 0 fully saturated rings. The topological polar surface area (TPSA) is 97.5 Å². The standard InChI is InChI=1S/C21H20FN3O3S/c1-3-28-11-14-5-4-6-19(24-14)25-21-16(20(23)27)10-18(29-21)15-8-7-13(12(2)26)9-17(15)22/h4-10,26H,2-3,11H2,1H3,(H2,23,27)(H,24,25). The number of benzene rings is 1. The fraction of sp³-hybridized carbons (Fsp3) is 0.143. The van der Waals surface area contributed by atoms with Crippen LogP contribution >= 0.6 is 11.3 Å². The number of hydrogen-bond donors (Lipinski definition) is 3. The Morgan fingerprint density at radius 3 is 2.79 bits per heavy atom. The van der Waals surface area contributed by atoms with Gasteiger partial charge in [0.2, 0.25) is 0 Å². The van der Waals surface area contributed by atoms with Crippen LogP contribution in [0.5, 0.6) is 0 Å². The van der Waals surface area contributed by atoms with Crippen molar-refractivity contribution in [1.82, 2.24) is 4.98 Å². The van der Waals surface area contributed by atoms with Gasteiger partial charge in [-0.1, -0.05) is 18.7 Å². The summed E-state index contributed by atoms with van der Waals surface area (Å²) < 4.78 is 19.9. The van der Waals surface area contributed by atoms with Crippen molar-refractivity contribution in [3.8, 4) is 10.4 Å². The van der Waals surface area contributed by atoms with E-state index in [4.69, 9.17) is 10.5 Å². The summed E-state index contributed by atoms with van der Waals surface area (Å²) in [5, 5.41) is 13.0. The number of aliphatic hydroxyl groups is 1. The number of anilines is 2. The maximum Gasteiger partial charge on any atom is 0.251 e. The molecule has 0 aliphatic carbocycles. The number of aromatic nitrogens is 1. The number of nitrogens with zero attached hydrogens (tertiary/aromatic N) is 1. The van der Waals surface area contributed by atoms with Gasteiger partial charge in [0.1, 0.15) is 22.4 Å². The molecular weight excluding hydrogens is 393 g/mol. The number of ether oxygens (including phenoxy) is 1. The van der Waals surface area contributed by atoms with Crippen LogP contribution in [0.15, 0.2) is 49.0 Å². The summed E-state index contributed by atoms with van der Waals surface area (Å²) in [4.78, 5) is 16.9. The molecule has 0 saturated carbocycles. The van der Waals surface area contributed by atoms with Crippen LogP contribution in [0.25, 0.3) is 16.2 Å². The maximum absolute atomic E-state index is 14.5. The van der Waals surface area contributed by atoms with Crippen LogP contribution in [0.1, 0.15) is 28.5 Å². The first kappa shape index (κ1) is 20.5. The van der Waals surface area contributed by atoms with E-state index in [9.17, 15) is 14.3 Å². The summed E-state index contributed by atoms with van der Waals surface area (Å²) >= 11 is 1.18. The van der Waals surface area contributed by atoms with Crippen LogP contribution < -0.4 is 11.1 Å². The molecule has 0 spiro atoms. The number of thiophene rings is 1. The molecule has 29 heavy (non-hydrogen) atoms. The van der Waals surface area contributed by atoms with Gasteiger partial charge < -0.3 is 20.9 Å². The number of hydrogen-bond acceptors (Lipinski definition) is 6. The highest BCUT2D eigenvalue weighted by Crippen LogP contribution is 2.38. The largest absolute Gasteiger partial charge is 0.508 e. The second kappa shape index (κ2) is 8.85. The number of nitrogens with one attached hydrogen (secondary N) is 1. The molecule has 3 rings (SSSR count). The van der Waals surface area contributed by atoms with Gasteiger partial charge in [-0.05, 0) is 37.3 Å². The van der Waals surface area contributed by atoms with Crippen molar-refractivity contribution < 1.29 is 19.0 Å². The highest BCUT2D eigenvalue weighted by Gasteiger charge is 2.18. The van der Waals surface area contributed by atoms with Gasteiger partial charge in [-0.15, -0.1) is 11.3 Å². The van der Waals surface area contributed by atoms with Gasteiger partial charge in [0.25, 0.3) is 5.91 Å². The Hall–Kier alpha value is -3.23. The molecule has 2 aromatic heterocycles. The van der Waals surface area contributed by atoms with E-state index in [0.29, 0.717) is 28.9 Å². The van der Waals surface area contributed by atoms with Gasteiger partial charge in [-0.3, -0.25) is 4.79 Å². The molecule has 0 unspecified atom stereocenters. The zero-order valence-electron chi connectivity index (χ0n) is 15.7. The normalized spacial score (nSPS) is 10.7. The third-order valence-corrected chi connectivity index (χ3v) is 5.15. The number of primary amides is 1. The van der Waals surface area contributed by atoms with Crippen LogP contribution in [0.3, 0.4) is 0 Å². The Morgan fingerprint density at radius 1 is 1.34 bits per heavy atom. The van der Waals surface area contributed by atoms with E-state index in [1.165, 1.54) is 29.5 Å². The van der Waals surface area contributed by atoms with E-state index in [1.807, 2.05) is 19.1 Å². The summed E-state index contributed by atoms with van der Waals surface area (Å²) in [6.45, 7) is 6.24. The molecule has 8 heteroatoms. The molecule has 0 aliphatic rings. The van der Waals surface area contributed by atoms with Crippen LogP contribution in [0, 0.1) is 5.82 Å². The molecule has 6 nitrogen and oxygen atoms in total. The van der Waals surface area contributed by atoms with E-state index < -0.39 is 11.7 Å². The average Bonchev–Trinajstić information content (AvgIpc) is 3.10. The van der Waals surface area contributed by atoms with Crippen molar-refractivity contribution in [2.75, 3.05) is 11.9 Å². The third-order valence-electron chi connectivity index (χ3n) is 4.07. The van der Waals surface area contributed by atoms with Crippen LogP contribution in [-0.4, -0.2) is 22.6 Å². The number of aliphatic hydroxyl groups excluding tert-OH is 1. The van der Waals surface area contributed by atoms with Crippen LogP contribution in [-0.2, 0) is 11.3 Å². The van der Waals surface area contributed by atoms with Crippen molar-refractivity contribution in [1.29, 1.82) is 0 Å². The number of carbonyl (C=O) groups is 1. The molecule has 0 aliphatic heterocycles. The number of halogens is 1. The highest BCUT2D eigenvalue weighted by atomic mass is 32.1. The lowest BCUT2D eigenvalue weighted by Crippen LogP contribution is -2.11. The van der Waals surface area contributed by atoms with E-state index in [0.717, 1.165) is 5.69 Å². The van der Waals surface area contributed by atoms with Gasteiger partial charge in [0.05, 0.1) is 17.9 Å². The molecule has 150 valence electrons. The van der Waals surface area contributed by atoms with E-state index in [-0.39, 0.29) is 22.4 Å². The molecule has 4 N–H and O–H groups in total. The number of amides is 1.